The van der Waals surface area contributed by atoms with E-state index in [-0.39, 0.29) is 12.5 Å². The molecule has 6 heteroatoms. The minimum Gasteiger partial charge on any atom is -0.493 e. The summed E-state index contributed by atoms with van der Waals surface area (Å²) in [5, 5.41) is 2.90. The van der Waals surface area contributed by atoms with Crippen LogP contribution in [-0.2, 0) is 11.3 Å². The van der Waals surface area contributed by atoms with E-state index in [0.717, 1.165) is 16.9 Å². The molecule has 1 heterocycles. The number of amides is 1. The number of hydrogen-bond acceptors (Lipinski definition) is 5. The number of fused-ring (bicyclic) bond motifs is 1. The summed E-state index contributed by atoms with van der Waals surface area (Å²) in [7, 11) is 4.66. The summed E-state index contributed by atoms with van der Waals surface area (Å²) in [6, 6.07) is 11.2. The van der Waals surface area contributed by atoms with E-state index in [9.17, 15) is 4.79 Å². The van der Waals surface area contributed by atoms with Crippen LogP contribution in [0.25, 0.3) is 6.08 Å². The van der Waals surface area contributed by atoms with Gasteiger partial charge in [-0.3, -0.25) is 4.79 Å². The molecule has 3 rings (SSSR count). The van der Waals surface area contributed by atoms with Crippen molar-refractivity contribution in [2.45, 2.75) is 6.54 Å². The fourth-order valence-electron chi connectivity index (χ4n) is 2.78. The molecule has 26 heavy (non-hydrogen) atoms. The first-order valence-corrected chi connectivity index (χ1v) is 8.15. The Morgan fingerprint density at radius 2 is 1.77 bits per heavy atom. The van der Waals surface area contributed by atoms with Gasteiger partial charge in [0, 0.05) is 12.1 Å². The maximum absolute atomic E-state index is 12.5. The fraction of sp³-hybridized carbons (Fsp3) is 0.250. The number of rotatable bonds is 6. The van der Waals surface area contributed by atoms with Crippen molar-refractivity contribution in [2.75, 3.05) is 27.9 Å². The minimum absolute atomic E-state index is 0.173. The molecule has 0 saturated heterocycles. The van der Waals surface area contributed by atoms with E-state index >= 15 is 0 Å². The number of benzene rings is 2. The molecule has 0 bridgehead atoms. The molecule has 0 unspecified atom stereocenters. The van der Waals surface area contributed by atoms with Gasteiger partial charge in [-0.1, -0.05) is 18.2 Å². The number of hydrogen-bond donors (Lipinski definition) is 1. The van der Waals surface area contributed by atoms with E-state index < -0.39 is 0 Å². The van der Waals surface area contributed by atoms with Crippen molar-refractivity contribution in [2.24, 2.45) is 0 Å². The Balaban J connectivity index is 1.73. The molecule has 0 spiro atoms. The van der Waals surface area contributed by atoms with Crippen LogP contribution in [0.4, 0.5) is 0 Å². The SMILES string of the molecule is COc1cc(CNC(=O)C2=Cc3ccccc3OC2)cc(OC)c1OC. The Morgan fingerprint density at radius 1 is 1.08 bits per heavy atom. The van der Waals surface area contributed by atoms with Gasteiger partial charge in [-0.25, -0.2) is 0 Å². The van der Waals surface area contributed by atoms with E-state index in [1.54, 1.807) is 21.3 Å². The first-order valence-electron chi connectivity index (χ1n) is 8.15. The highest BCUT2D eigenvalue weighted by atomic mass is 16.5. The van der Waals surface area contributed by atoms with Gasteiger partial charge >= 0.3 is 0 Å². The van der Waals surface area contributed by atoms with Gasteiger partial charge in [0.15, 0.2) is 11.5 Å². The van der Waals surface area contributed by atoms with E-state index in [1.807, 2.05) is 42.5 Å². The van der Waals surface area contributed by atoms with Gasteiger partial charge in [0.25, 0.3) is 5.91 Å². The lowest BCUT2D eigenvalue weighted by Crippen LogP contribution is -2.28. The molecule has 0 atom stereocenters. The first kappa shape index (κ1) is 17.7. The van der Waals surface area contributed by atoms with E-state index in [2.05, 4.69) is 5.32 Å². The second-order valence-corrected chi connectivity index (χ2v) is 5.71. The average molecular weight is 355 g/mol. The van der Waals surface area contributed by atoms with Crippen LogP contribution in [0.3, 0.4) is 0 Å². The van der Waals surface area contributed by atoms with Crippen LogP contribution >= 0.6 is 0 Å². The van der Waals surface area contributed by atoms with Crippen molar-refractivity contribution < 1.29 is 23.7 Å². The summed E-state index contributed by atoms with van der Waals surface area (Å²) in [5.74, 6) is 2.22. The standard InChI is InChI=1S/C20H21NO5/c1-23-17-8-13(9-18(24-2)19(17)25-3)11-21-20(22)15-10-14-6-4-5-7-16(14)26-12-15/h4-10H,11-12H2,1-3H3,(H,21,22). The van der Waals surface area contributed by atoms with Gasteiger partial charge in [-0.05, 0) is 29.8 Å². The van der Waals surface area contributed by atoms with Gasteiger partial charge in [-0.2, -0.15) is 0 Å². The molecule has 1 N–H and O–H groups in total. The predicted octanol–water partition coefficient (Wildman–Crippen LogP) is 2.80. The molecule has 2 aromatic rings. The van der Waals surface area contributed by atoms with Crippen molar-refractivity contribution >= 4 is 12.0 Å². The minimum atomic E-state index is -0.173. The van der Waals surface area contributed by atoms with Crippen LogP contribution in [-0.4, -0.2) is 33.8 Å². The van der Waals surface area contributed by atoms with Gasteiger partial charge < -0.3 is 24.3 Å². The summed E-state index contributed by atoms with van der Waals surface area (Å²) < 4.78 is 21.6. The molecule has 1 amide bonds. The molecule has 6 nitrogen and oxygen atoms in total. The van der Waals surface area contributed by atoms with E-state index in [1.165, 1.54) is 0 Å². The number of carbonyl (C=O) groups is 1. The molecular formula is C20H21NO5. The smallest absolute Gasteiger partial charge is 0.250 e. The largest absolute Gasteiger partial charge is 0.493 e. The zero-order valence-electron chi connectivity index (χ0n) is 15.0. The van der Waals surface area contributed by atoms with Gasteiger partial charge in [0.2, 0.25) is 5.75 Å². The van der Waals surface area contributed by atoms with Gasteiger partial charge in [-0.15, -0.1) is 0 Å². The monoisotopic (exact) mass is 355 g/mol. The number of ether oxygens (including phenoxy) is 4. The second-order valence-electron chi connectivity index (χ2n) is 5.71. The zero-order valence-corrected chi connectivity index (χ0v) is 15.0. The summed E-state index contributed by atoms with van der Waals surface area (Å²) in [6.07, 6.45) is 1.85. The molecule has 2 aromatic carbocycles. The maximum Gasteiger partial charge on any atom is 0.250 e. The van der Waals surface area contributed by atoms with Gasteiger partial charge in [0.05, 0.1) is 26.9 Å². The van der Waals surface area contributed by atoms with Crippen molar-refractivity contribution in [1.29, 1.82) is 0 Å². The molecule has 136 valence electrons. The Kier molecular flexibility index (Phi) is 5.31. The normalized spacial score (nSPS) is 12.3. The fourth-order valence-corrected chi connectivity index (χ4v) is 2.78. The molecule has 0 aliphatic carbocycles. The molecule has 1 aliphatic heterocycles. The number of methoxy groups -OCH3 is 3. The second kappa shape index (κ2) is 7.82. The van der Waals surface area contributed by atoms with Crippen LogP contribution in [0.15, 0.2) is 42.0 Å². The molecule has 0 radical (unpaired) electrons. The van der Waals surface area contributed by atoms with E-state index in [4.69, 9.17) is 18.9 Å². The molecule has 0 saturated carbocycles. The third-order valence-corrected chi connectivity index (χ3v) is 4.10. The van der Waals surface area contributed by atoms with Crippen LogP contribution in [0.1, 0.15) is 11.1 Å². The summed E-state index contributed by atoms with van der Waals surface area (Å²) in [4.78, 5) is 12.5. The topological polar surface area (TPSA) is 66.0 Å². The van der Waals surface area contributed by atoms with Crippen molar-refractivity contribution in [3.8, 4) is 23.0 Å². The average Bonchev–Trinajstić information content (AvgIpc) is 2.70. The maximum atomic E-state index is 12.5. The van der Waals surface area contributed by atoms with Crippen molar-refractivity contribution in [3.05, 3.63) is 53.1 Å². The van der Waals surface area contributed by atoms with Crippen LogP contribution < -0.4 is 24.3 Å². The highest BCUT2D eigenvalue weighted by molar-refractivity contribution is 5.99. The lowest BCUT2D eigenvalue weighted by Gasteiger charge is -2.18. The molecule has 0 fully saturated rings. The lowest BCUT2D eigenvalue weighted by atomic mass is 10.1. The Bertz CT molecular complexity index is 819. The van der Waals surface area contributed by atoms with Gasteiger partial charge in [0.1, 0.15) is 12.4 Å². The lowest BCUT2D eigenvalue weighted by molar-refractivity contribution is -0.117. The third kappa shape index (κ3) is 3.59. The van der Waals surface area contributed by atoms with Crippen molar-refractivity contribution in [1.82, 2.24) is 5.32 Å². The highest BCUT2D eigenvalue weighted by Gasteiger charge is 2.18. The zero-order chi connectivity index (χ0) is 18.5. The number of nitrogens with one attached hydrogen (secondary N) is 1. The Labute approximate surface area is 152 Å². The first-order chi connectivity index (χ1) is 12.7. The molecular weight excluding hydrogens is 334 g/mol. The predicted molar refractivity (Wildman–Crippen MR) is 97.9 cm³/mol. The highest BCUT2D eigenvalue weighted by Crippen LogP contribution is 2.38. The molecule has 0 aromatic heterocycles. The van der Waals surface area contributed by atoms with Crippen LogP contribution in [0, 0.1) is 0 Å². The third-order valence-electron chi connectivity index (χ3n) is 4.10. The Hall–Kier alpha value is -3.15. The summed E-state index contributed by atoms with van der Waals surface area (Å²) >= 11 is 0. The van der Waals surface area contributed by atoms with Crippen LogP contribution in [0.2, 0.25) is 0 Å². The summed E-state index contributed by atoms with van der Waals surface area (Å²) in [6.45, 7) is 0.576. The summed E-state index contributed by atoms with van der Waals surface area (Å²) in [5.41, 5.74) is 2.32. The molecule has 1 aliphatic rings. The van der Waals surface area contributed by atoms with Crippen molar-refractivity contribution in [3.63, 3.8) is 0 Å². The number of carbonyl (C=O) groups excluding carboxylic acids is 1. The van der Waals surface area contributed by atoms with Crippen LogP contribution in [0.5, 0.6) is 23.0 Å². The number of para-hydroxylation sites is 1. The van der Waals surface area contributed by atoms with E-state index in [0.29, 0.717) is 29.4 Å². The Morgan fingerprint density at radius 3 is 2.42 bits per heavy atom. The quantitative estimate of drug-likeness (QED) is 0.863.